The second-order valence-electron chi connectivity index (χ2n) is 12.9. The van der Waals surface area contributed by atoms with Crippen molar-refractivity contribution in [2.75, 3.05) is 0 Å². The van der Waals surface area contributed by atoms with E-state index in [4.69, 9.17) is 19.4 Å². The summed E-state index contributed by atoms with van der Waals surface area (Å²) in [5.41, 5.74) is 12.8. The van der Waals surface area contributed by atoms with Gasteiger partial charge in [0.15, 0.2) is 11.4 Å². The Morgan fingerprint density at radius 1 is 0.404 bits per heavy atom. The molecule has 0 aliphatic heterocycles. The van der Waals surface area contributed by atoms with Crippen molar-refractivity contribution in [1.29, 1.82) is 0 Å². The Bertz CT molecular complexity index is 2880. The van der Waals surface area contributed by atoms with Crippen molar-refractivity contribution in [1.82, 2.24) is 19.5 Å². The van der Waals surface area contributed by atoms with Crippen LogP contribution in [0.1, 0.15) is 0 Å². The standard InChI is InChI=1S/C47H30N4O/c1-4-13-31(14-5-1)32-23-25-33(26-24-32)40-30-41(49-46(48-40)34-15-6-2-7-16-34)36-19-12-20-37(29-36)51-42-22-11-10-21-38(42)44-43(51)28-27-39-45(44)52-47(50-39)35-17-8-3-9-18-35/h1-30H. The maximum absolute atomic E-state index is 6.52. The molecule has 52 heavy (non-hydrogen) atoms. The first-order valence-electron chi connectivity index (χ1n) is 17.4. The zero-order chi connectivity index (χ0) is 34.4. The minimum absolute atomic E-state index is 0.616. The van der Waals surface area contributed by atoms with Gasteiger partial charge in [0, 0.05) is 33.3 Å². The van der Waals surface area contributed by atoms with E-state index in [1.807, 2.05) is 54.6 Å². The Morgan fingerprint density at radius 3 is 1.75 bits per heavy atom. The summed E-state index contributed by atoms with van der Waals surface area (Å²) in [4.78, 5) is 15.1. The van der Waals surface area contributed by atoms with Gasteiger partial charge in [0.25, 0.3) is 0 Å². The van der Waals surface area contributed by atoms with E-state index < -0.39 is 0 Å². The van der Waals surface area contributed by atoms with Gasteiger partial charge in [-0.15, -0.1) is 0 Å². The summed E-state index contributed by atoms with van der Waals surface area (Å²) in [7, 11) is 0. The molecule has 0 bridgehead atoms. The fourth-order valence-corrected chi connectivity index (χ4v) is 7.15. The van der Waals surface area contributed by atoms with Crippen LogP contribution >= 0.6 is 0 Å². The number of rotatable bonds is 6. The minimum Gasteiger partial charge on any atom is -0.435 e. The van der Waals surface area contributed by atoms with Crippen LogP contribution in [0.25, 0.3) is 95.1 Å². The van der Waals surface area contributed by atoms with Gasteiger partial charge in [-0.2, -0.15) is 0 Å². The van der Waals surface area contributed by atoms with Crippen molar-refractivity contribution < 1.29 is 4.42 Å². The average molecular weight is 667 g/mol. The van der Waals surface area contributed by atoms with Crippen LogP contribution in [0.4, 0.5) is 0 Å². The Balaban J connectivity index is 1.12. The molecule has 0 fully saturated rings. The maximum Gasteiger partial charge on any atom is 0.227 e. The van der Waals surface area contributed by atoms with E-state index in [0.717, 1.165) is 72.2 Å². The van der Waals surface area contributed by atoms with E-state index >= 15 is 0 Å². The van der Waals surface area contributed by atoms with Gasteiger partial charge in [-0.05, 0) is 59.7 Å². The third-order valence-electron chi connectivity index (χ3n) is 9.66. The molecule has 0 aliphatic carbocycles. The van der Waals surface area contributed by atoms with Crippen LogP contribution in [0.5, 0.6) is 0 Å². The molecule has 0 radical (unpaired) electrons. The molecule has 0 amide bonds. The first-order chi connectivity index (χ1) is 25.8. The third kappa shape index (κ3) is 5.15. The molecule has 10 aromatic rings. The predicted molar refractivity (Wildman–Crippen MR) is 211 cm³/mol. The third-order valence-corrected chi connectivity index (χ3v) is 9.66. The highest BCUT2D eigenvalue weighted by Gasteiger charge is 2.19. The van der Waals surface area contributed by atoms with E-state index in [2.05, 4.69) is 132 Å². The average Bonchev–Trinajstić information content (AvgIpc) is 3.82. The van der Waals surface area contributed by atoms with Gasteiger partial charge in [-0.25, -0.2) is 15.0 Å². The molecule has 0 unspecified atom stereocenters. The summed E-state index contributed by atoms with van der Waals surface area (Å²) >= 11 is 0. The van der Waals surface area contributed by atoms with Crippen LogP contribution in [0.2, 0.25) is 0 Å². The van der Waals surface area contributed by atoms with Gasteiger partial charge in [0.1, 0.15) is 5.52 Å². The number of oxazole rings is 1. The zero-order valence-corrected chi connectivity index (χ0v) is 28.0. The first kappa shape index (κ1) is 29.8. The van der Waals surface area contributed by atoms with Gasteiger partial charge >= 0.3 is 0 Å². The van der Waals surface area contributed by atoms with E-state index in [9.17, 15) is 0 Å². The second-order valence-corrected chi connectivity index (χ2v) is 12.9. The molecular formula is C47H30N4O. The number of aromatic nitrogens is 4. The summed E-state index contributed by atoms with van der Waals surface area (Å²) < 4.78 is 8.83. The highest BCUT2D eigenvalue weighted by molar-refractivity contribution is 6.19. The Morgan fingerprint density at radius 2 is 1.00 bits per heavy atom. The van der Waals surface area contributed by atoms with Crippen molar-refractivity contribution >= 4 is 32.9 Å². The highest BCUT2D eigenvalue weighted by Crippen LogP contribution is 2.39. The maximum atomic E-state index is 6.52. The normalized spacial score (nSPS) is 11.5. The Hall–Kier alpha value is -7.11. The van der Waals surface area contributed by atoms with Gasteiger partial charge in [0.2, 0.25) is 5.89 Å². The molecule has 0 atom stereocenters. The molecule has 244 valence electrons. The van der Waals surface area contributed by atoms with E-state index in [0.29, 0.717) is 11.7 Å². The van der Waals surface area contributed by atoms with Gasteiger partial charge in [-0.3, -0.25) is 0 Å². The topological polar surface area (TPSA) is 56.7 Å². The second kappa shape index (κ2) is 12.3. The van der Waals surface area contributed by atoms with E-state index in [-0.39, 0.29) is 0 Å². The highest BCUT2D eigenvalue weighted by atomic mass is 16.3. The molecule has 0 saturated carbocycles. The number of para-hydroxylation sites is 1. The summed E-state index contributed by atoms with van der Waals surface area (Å²) in [5, 5.41) is 2.15. The van der Waals surface area contributed by atoms with Crippen LogP contribution in [0.15, 0.2) is 186 Å². The predicted octanol–water partition coefficient (Wildman–Crippen LogP) is 12.0. The fourth-order valence-electron chi connectivity index (χ4n) is 7.15. The number of hydrogen-bond acceptors (Lipinski definition) is 4. The molecule has 5 nitrogen and oxygen atoms in total. The minimum atomic E-state index is 0.616. The van der Waals surface area contributed by atoms with Crippen LogP contribution in [-0.4, -0.2) is 19.5 Å². The zero-order valence-electron chi connectivity index (χ0n) is 28.0. The molecule has 3 heterocycles. The molecule has 0 saturated heterocycles. The monoisotopic (exact) mass is 666 g/mol. The van der Waals surface area contributed by atoms with Crippen molar-refractivity contribution in [3.05, 3.63) is 182 Å². The molecule has 0 N–H and O–H groups in total. The molecule has 0 aliphatic rings. The molecule has 3 aromatic heterocycles. The number of hydrogen-bond donors (Lipinski definition) is 0. The van der Waals surface area contributed by atoms with Gasteiger partial charge in [-0.1, -0.05) is 133 Å². The lowest BCUT2D eigenvalue weighted by molar-refractivity contribution is 0.623. The summed E-state index contributed by atoms with van der Waals surface area (Å²) in [6, 6.07) is 62.7. The van der Waals surface area contributed by atoms with Crippen molar-refractivity contribution in [3.63, 3.8) is 0 Å². The molecule has 7 aromatic carbocycles. The number of benzene rings is 7. The molecule has 0 spiro atoms. The molecular weight excluding hydrogens is 637 g/mol. The van der Waals surface area contributed by atoms with Crippen LogP contribution in [-0.2, 0) is 0 Å². The van der Waals surface area contributed by atoms with Crippen LogP contribution in [0.3, 0.4) is 0 Å². The Labute approximate surface area is 300 Å². The Kier molecular flexibility index (Phi) is 7.07. The SMILES string of the molecule is c1ccc(-c2ccc(-c3cc(-c4cccc(-n5c6ccccc6c6c7oc(-c8ccccc8)nc7ccc65)c4)nc(-c4ccccc4)n3)cc2)cc1. The van der Waals surface area contributed by atoms with E-state index in [1.54, 1.807) is 0 Å². The largest absolute Gasteiger partial charge is 0.435 e. The van der Waals surface area contributed by atoms with Crippen molar-refractivity contribution in [3.8, 4) is 62.2 Å². The number of fused-ring (bicyclic) bond motifs is 5. The molecule has 10 rings (SSSR count). The lowest BCUT2D eigenvalue weighted by atomic mass is 10.0. The lowest BCUT2D eigenvalue weighted by Crippen LogP contribution is -1.98. The number of nitrogens with zero attached hydrogens (tertiary/aromatic N) is 4. The summed E-state index contributed by atoms with van der Waals surface area (Å²) in [6.07, 6.45) is 0. The van der Waals surface area contributed by atoms with Crippen LogP contribution in [0, 0.1) is 0 Å². The quantitative estimate of drug-likeness (QED) is 0.177. The van der Waals surface area contributed by atoms with Gasteiger partial charge < -0.3 is 8.98 Å². The van der Waals surface area contributed by atoms with Gasteiger partial charge in [0.05, 0.1) is 27.8 Å². The van der Waals surface area contributed by atoms with E-state index in [1.165, 1.54) is 11.1 Å². The van der Waals surface area contributed by atoms with Crippen LogP contribution < -0.4 is 0 Å². The molecule has 5 heteroatoms. The fraction of sp³-hybridized carbons (Fsp3) is 0. The first-order valence-corrected chi connectivity index (χ1v) is 17.4. The smallest absolute Gasteiger partial charge is 0.227 e. The van der Waals surface area contributed by atoms with Crippen molar-refractivity contribution in [2.24, 2.45) is 0 Å². The lowest BCUT2D eigenvalue weighted by Gasteiger charge is -2.12. The summed E-state index contributed by atoms with van der Waals surface area (Å²) in [5.74, 6) is 1.30. The van der Waals surface area contributed by atoms with Crippen molar-refractivity contribution in [2.45, 2.75) is 0 Å². The summed E-state index contributed by atoms with van der Waals surface area (Å²) in [6.45, 7) is 0.